The molecule has 0 heterocycles. The maximum Gasteiger partial charge on any atom is 0.0574 e. The fraction of sp³-hybridized carbons (Fsp3) is 0.538. The zero-order valence-electron chi connectivity index (χ0n) is 9.82. The lowest BCUT2D eigenvalue weighted by molar-refractivity contribution is 0.199. The molecule has 4 heteroatoms. The molecule has 2 rings (SSSR count). The van der Waals surface area contributed by atoms with Gasteiger partial charge < -0.3 is 16.2 Å². The maximum atomic E-state index is 9.27. The highest BCUT2D eigenvalue weighted by Gasteiger charge is 2.26. The number of aliphatic hydroxyl groups excluding tert-OH is 1. The number of hydrogen-bond donors (Lipinski definition) is 3. The molecular formula is C13H19IN2O. The van der Waals surface area contributed by atoms with E-state index in [0.717, 1.165) is 27.9 Å². The number of nitrogens with two attached hydrogens (primary N) is 1. The summed E-state index contributed by atoms with van der Waals surface area (Å²) in [7, 11) is 0. The monoisotopic (exact) mass is 346 g/mol. The van der Waals surface area contributed by atoms with Gasteiger partial charge in [0.05, 0.1) is 11.4 Å². The Bertz CT molecular complexity index is 384. The number of nitrogen functional groups attached to an aromatic ring is 1. The molecule has 2 atom stereocenters. The molecule has 4 N–H and O–H groups in total. The quantitative estimate of drug-likeness (QED) is 0.580. The van der Waals surface area contributed by atoms with E-state index in [1.165, 1.54) is 12.8 Å². The Hall–Kier alpha value is -0.490. The van der Waals surface area contributed by atoms with E-state index in [1.54, 1.807) is 0 Å². The second-order valence-corrected chi connectivity index (χ2v) is 5.99. The van der Waals surface area contributed by atoms with Crippen LogP contribution in [0.3, 0.4) is 0 Å². The van der Waals surface area contributed by atoms with Crippen molar-refractivity contribution in [2.24, 2.45) is 11.8 Å². The molecule has 0 aromatic heterocycles. The van der Waals surface area contributed by atoms with Crippen LogP contribution in [0.15, 0.2) is 18.2 Å². The summed E-state index contributed by atoms with van der Waals surface area (Å²) in [6.07, 6.45) is 3.60. The van der Waals surface area contributed by atoms with Gasteiger partial charge in [0.1, 0.15) is 0 Å². The molecule has 0 bridgehead atoms. The summed E-state index contributed by atoms with van der Waals surface area (Å²) in [5.41, 5.74) is 7.77. The molecule has 1 aromatic rings. The Morgan fingerprint density at radius 1 is 1.35 bits per heavy atom. The number of hydrogen-bond acceptors (Lipinski definition) is 3. The van der Waals surface area contributed by atoms with Gasteiger partial charge in [0.2, 0.25) is 0 Å². The summed E-state index contributed by atoms with van der Waals surface area (Å²) in [6.45, 7) is 1.23. The number of aliphatic hydroxyl groups is 1. The predicted octanol–water partition coefficient (Wildman–Crippen LogP) is 2.69. The molecule has 17 heavy (non-hydrogen) atoms. The molecule has 1 fully saturated rings. The van der Waals surface area contributed by atoms with Gasteiger partial charge in [0, 0.05) is 16.7 Å². The third kappa shape index (κ3) is 3.25. The average Bonchev–Trinajstić information content (AvgIpc) is 2.75. The lowest BCUT2D eigenvalue weighted by Gasteiger charge is -2.19. The van der Waals surface area contributed by atoms with E-state index < -0.39 is 0 Å². The minimum Gasteiger partial charge on any atom is -0.397 e. The Labute approximate surface area is 116 Å². The molecule has 0 radical (unpaired) electrons. The number of benzene rings is 1. The Kier molecular flexibility index (Phi) is 4.50. The normalized spacial score (nSPS) is 23.9. The second kappa shape index (κ2) is 5.91. The third-order valence-electron chi connectivity index (χ3n) is 3.62. The van der Waals surface area contributed by atoms with Crippen LogP contribution < -0.4 is 11.1 Å². The average molecular weight is 346 g/mol. The van der Waals surface area contributed by atoms with Crippen molar-refractivity contribution in [1.29, 1.82) is 0 Å². The summed E-state index contributed by atoms with van der Waals surface area (Å²) in [6, 6.07) is 6.05. The van der Waals surface area contributed by atoms with Crippen LogP contribution in [0.1, 0.15) is 19.3 Å². The molecule has 0 saturated heterocycles. The Morgan fingerprint density at radius 3 is 2.82 bits per heavy atom. The Balaban J connectivity index is 1.93. The molecule has 2 unspecified atom stereocenters. The molecule has 94 valence electrons. The molecule has 1 aromatic carbocycles. The zero-order valence-corrected chi connectivity index (χ0v) is 12.0. The van der Waals surface area contributed by atoms with Gasteiger partial charge in [-0.3, -0.25) is 0 Å². The first-order valence-electron chi connectivity index (χ1n) is 6.10. The lowest BCUT2D eigenvalue weighted by Crippen LogP contribution is -2.21. The highest BCUT2D eigenvalue weighted by Crippen LogP contribution is 2.32. The summed E-state index contributed by atoms with van der Waals surface area (Å²) in [5.74, 6) is 1.05. The van der Waals surface area contributed by atoms with Gasteiger partial charge in [-0.05, 0) is 65.5 Å². The maximum absolute atomic E-state index is 9.27. The van der Waals surface area contributed by atoms with E-state index in [9.17, 15) is 5.11 Å². The first-order chi connectivity index (χ1) is 8.20. The van der Waals surface area contributed by atoms with Gasteiger partial charge >= 0.3 is 0 Å². The van der Waals surface area contributed by atoms with Crippen molar-refractivity contribution in [2.75, 3.05) is 24.2 Å². The SMILES string of the molecule is Nc1cc(I)ccc1NCC1CCCC1CO. The van der Waals surface area contributed by atoms with Crippen molar-refractivity contribution in [3.05, 3.63) is 21.8 Å². The van der Waals surface area contributed by atoms with E-state index >= 15 is 0 Å². The first-order valence-corrected chi connectivity index (χ1v) is 7.18. The van der Waals surface area contributed by atoms with Gasteiger partial charge in [-0.2, -0.15) is 0 Å². The number of nitrogens with one attached hydrogen (secondary N) is 1. The minimum absolute atomic E-state index is 0.314. The van der Waals surface area contributed by atoms with Gasteiger partial charge in [0.25, 0.3) is 0 Å². The van der Waals surface area contributed by atoms with Crippen molar-refractivity contribution >= 4 is 34.0 Å². The fourth-order valence-electron chi connectivity index (χ4n) is 2.56. The molecule has 1 aliphatic rings. The van der Waals surface area contributed by atoms with Crippen LogP contribution in [-0.2, 0) is 0 Å². The zero-order chi connectivity index (χ0) is 12.3. The van der Waals surface area contributed by atoms with E-state index in [4.69, 9.17) is 5.73 Å². The van der Waals surface area contributed by atoms with Crippen LogP contribution >= 0.6 is 22.6 Å². The van der Waals surface area contributed by atoms with Crippen LogP contribution in [0.5, 0.6) is 0 Å². The van der Waals surface area contributed by atoms with Gasteiger partial charge in [-0.25, -0.2) is 0 Å². The van der Waals surface area contributed by atoms with Crippen LogP contribution in [0, 0.1) is 15.4 Å². The van der Waals surface area contributed by atoms with E-state index in [0.29, 0.717) is 18.4 Å². The molecule has 0 spiro atoms. The van der Waals surface area contributed by atoms with E-state index in [2.05, 4.69) is 34.0 Å². The van der Waals surface area contributed by atoms with Gasteiger partial charge in [0.15, 0.2) is 0 Å². The number of rotatable bonds is 4. The van der Waals surface area contributed by atoms with E-state index in [-0.39, 0.29) is 0 Å². The van der Waals surface area contributed by atoms with Crippen molar-refractivity contribution in [1.82, 2.24) is 0 Å². The van der Waals surface area contributed by atoms with E-state index in [1.807, 2.05) is 12.1 Å². The van der Waals surface area contributed by atoms with Crippen molar-refractivity contribution in [3.63, 3.8) is 0 Å². The highest BCUT2D eigenvalue weighted by atomic mass is 127. The van der Waals surface area contributed by atoms with Crippen molar-refractivity contribution in [2.45, 2.75) is 19.3 Å². The number of anilines is 2. The summed E-state index contributed by atoms with van der Waals surface area (Å²) in [4.78, 5) is 0. The van der Waals surface area contributed by atoms with Crippen LogP contribution in [0.4, 0.5) is 11.4 Å². The molecule has 0 aliphatic heterocycles. The van der Waals surface area contributed by atoms with Crippen LogP contribution in [0.2, 0.25) is 0 Å². The third-order valence-corrected chi connectivity index (χ3v) is 4.29. The summed E-state index contributed by atoms with van der Waals surface area (Å²) >= 11 is 2.26. The highest BCUT2D eigenvalue weighted by molar-refractivity contribution is 14.1. The number of halogens is 1. The molecular weight excluding hydrogens is 327 g/mol. The van der Waals surface area contributed by atoms with Gasteiger partial charge in [-0.15, -0.1) is 0 Å². The second-order valence-electron chi connectivity index (χ2n) is 4.75. The Morgan fingerprint density at radius 2 is 2.12 bits per heavy atom. The topological polar surface area (TPSA) is 58.3 Å². The van der Waals surface area contributed by atoms with Crippen molar-refractivity contribution < 1.29 is 5.11 Å². The summed E-state index contributed by atoms with van der Waals surface area (Å²) < 4.78 is 1.15. The standard InChI is InChI=1S/C13H19IN2O/c14-11-4-5-13(12(15)6-11)16-7-9-2-1-3-10(9)8-17/h4-6,9-10,16-17H,1-3,7-8,15H2. The first kappa shape index (κ1) is 13.0. The minimum atomic E-state index is 0.314. The predicted molar refractivity (Wildman–Crippen MR) is 80.0 cm³/mol. The summed E-state index contributed by atoms with van der Waals surface area (Å²) in [5, 5.41) is 12.7. The van der Waals surface area contributed by atoms with Crippen LogP contribution in [0.25, 0.3) is 0 Å². The molecule has 3 nitrogen and oxygen atoms in total. The smallest absolute Gasteiger partial charge is 0.0574 e. The van der Waals surface area contributed by atoms with Crippen molar-refractivity contribution in [3.8, 4) is 0 Å². The molecule has 0 amide bonds. The lowest BCUT2D eigenvalue weighted by atomic mass is 9.97. The molecule has 1 saturated carbocycles. The van der Waals surface area contributed by atoms with Crippen LogP contribution in [-0.4, -0.2) is 18.3 Å². The fourth-order valence-corrected chi connectivity index (χ4v) is 3.07. The largest absolute Gasteiger partial charge is 0.397 e. The molecule has 1 aliphatic carbocycles. The van der Waals surface area contributed by atoms with Gasteiger partial charge in [-0.1, -0.05) is 6.42 Å².